The molecule has 0 unspecified atom stereocenters. The number of carboxylic acids is 1. The monoisotopic (exact) mass is 262 g/mol. The predicted octanol–water partition coefficient (Wildman–Crippen LogP) is 0.780. The predicted molar refractivity (Wildman–Crippen MR) is 70.1 cm³/mol. The third-order valence-corrected chi connectivity index (χ3v) is 3.58. The van der Waals surface area contributed by atoms with Crippen LogP contribution in [-0.2, 0) is 9.59 Å². The minimum Gasteiger partial charge on any atom is -0.480 e. The van der Waals surface area contributed by atoms with Crippen LogP contribution in [0.3, 0.4) is 0 Å². The van der Waals surface area contributed by atoms with Gasteiger partial charge >= 0.3 is 5.97 Å². The first-order chi connectivity index (χ1) is 8.02. The van der Waals surface area contributed by atoms with Crippen LogP contribution in [0.5, 0.6) is 0 Å². The number of nitrogens with zero attached hydrogens (tertiary/aromatic N) is 1. The number of carbonyl (C=O) groups excluding carboxylic acids is 1. The minimum atomic E-state index is -0.975. The maximum atomic E-state index is 11.6. The average molecular weight is 262 g/mol. The van der Waals surface area contributed by atoms with Gasteiger partial charge in [0, 0.05) is 25.3 Å². The van der Waals surface area contributed by atoms with Crippen molar-refractivity contribution >= 4 is 23.6 Å². The topological polar surface area (TPSA) is 83.6 Å². The van der Waals surface area contributed by atoms with Crippen LogP contribution in [0.1, 0.15) is 26.7 Å². The lowest BCUT2D eigenvalue weighted by Gasteiger charge is -2.18. The van der Waals surface area contributed by atoms with E-state index in [9.17, 15) is 9.59 Å². The SMILES string of the molecule is CCN(CC)C(=O)CCCSC[C@H](N)C(=O)O. The number of carboxylic acid groups (broad SMARTS) is 1. The molecule has 17 heavy (non-hydrogen) atoms. The fourth-order valence-electron chi connectivity index (χ4n) is 1.34. The summed E-state index contributed by atoms with van der Waals surface area (Å²) in [6.07, 6.45) is 1.29. The van der Waals surface area contributed by atoms with Crippen molar-refractivity contribution in [1.82, 2.24) is 4.90 Å². The van der Waals surface area contributed by atoms with Gasteiger partial charge in [-0.25, -0.2) is 0 Å². The molecule has 0 spiro atoms. The number of hydrogen-bond acceptors (Lipinski definition) is 4. The van der Waals surface area contributed by atoms with E-state index < -0.39 is 12.0 Å². The Hall–Kier alpha value is -0.750. The minimum absolute atomic E-state index is 0.165. The Labute approximate surface area is 107 Å². The van der Waals surface area contributed by atoms with Gasteiger partial charge in [-0.15, -0.1) is 0 Å². The molecule has 0 fully saturated rings. The van der Waals surface area contributed by atoms with Crippen LogP contribution >= 0.6 is 11.8 Å². The zero-order chi connectivity index (χ0) is 13.3. The van der Waals surface area contributed by atoms with E-state index in [0.29, 0.717) is 12.2 Å². The standard InChI is InChI=1S/C11H22N2O3S/c1-3-13(4-2)10(14)6-5-7-17-8-9(12)11(15)16/h9H,3-8,12H2,1-2H3,(H,15,16)/t9-/m0/s1. The number of rotatable bonds is 9. The Morgan fingerprint density at radius 3 is 2.41 bits per heavy atom. The molecule has 1 atom stereocenters. The van der Waals surface area contributed by atoms with E-state index in [1.165, 1.54) is 11.8 Å². The molecule has 1 amide bonds. The van der Waals surface area contributed by atoms with Gasteiger partial charge in [0.2, 0.25) is 5.91 Å². The Kier molecular flexibility index (Phi) is 8.89. The average Bonchev–Trinajstić information content (AvgIpc) is 2.29. The molecule has 100 valence electrons. The number of nitrogens with two attached hydrogens (primary N) is 1. The van der Waals surface area contributed by atoms with E-state index in [1.807, 2.05) is 13.8 Å². The molecule has 0 saturated carbocycles. The van der Waals surface area contributed by atoms with Gasteiger partial charge < -0.3 is 15.7 Å². The Morgan fingerprint density at radius 2 is 1.94 bits per heavy atom. The van der Waals surface area contributed by atoms with Crippen LogP contribution in [0, 0.1) is 0 Å². The summed E-state index contributed by atoms with van der Waals surface area (Å²) in [6.45, 7) is 5.41. The molecule has 0 aromatic carbocycles. The molecule has 0 radical (unpaired) electrons. The van der Waals surface area contributed by atoms with Crippen LogP contribution in [0.15, 0.2) is 0 Å². The summed E-state index contributed by atoms with van der Waals surface area (Å²) in [5.41, 5.74) is 5.35. The number of hydrogen-bond donors (Lipinski definition) is 2. The maximum absolute atomic E-state index is 11.6. The van der Waals surface area contributed by atoms with Gasteiger partial charge in [-0.2, -0.15) is 11.8 Å². The summed E-state index contributed by atoms with van der Waals surface area (Å²) >= 11 is 1.48. The van der Waals surface area contributed by atoms with Crippen molar-refractivity contribution in [3.63, 3.8) is 0 Å². The lowest BCUT2D eigenvalue weighted by Crippen LogP contribution is -2.32. The highest BCUT2D eigenvalue weighted by atomic mass is 32.2. The molecule has 0 aromatic rings. The molecular formula is C11H22N2O3S. The van der Waals surface area contributed by atoms with Crippen LogP contribution in [-0.4, -0.2) is 52.5 Å². The summed E-state index contributed by atoms with van der Waals surface area (Å²) in [5.74, 6) is 0.359. The molecule has 0 aliphatic carbocycles. The highest BCUT2D eigenvalue weighted by Gasteiger charge is 2.11. The summed E-state index contributed by atoms with van der Waals surface area (Å²) in [6, 6.07) is -0.807. The van der Waals surface area contributed by atoms with Gasteiger partial charge in [-0.05, 0) is 26.0 Å². The van der Waals surface area contributed by atoms with Gasteiger partial charge in [0.25, 0.3) is 0 Å². The number of aliphatic carboxylic acids is 1. The van der Waals surface area contributed by atoms with E-state index in [2.05, 4.69) is 0 Å². The van der Waals surface area contributed by atoms with Crippen LogP contribution in [0.2, 0.25) is 0 Å². The fraction of sp³-hybridized carbons (Fsp3) is 0.818. The molecular weight excluding hydrogens is 240 g/mol. The first-order valence-electron chi connectivity index (χ1n) is 5.86. The van der Waals surface area contributed by atoms with Gasteiger partial charge in [-0.3, -0.25) is 9.59 Å². The number of carbonyl (C=O) groups is 2. The fourth-order valence-corrected chi connectivity index (χ4v) is 2.25. The zero-order valence-corrected chi connectivity index (χ0v) is 11.3. The number of amides is 1. The molecule has 0 aliphatic rings. The van der Waals surface area contributed by atoms with Crippen LogP contribution < -0.4 is 5.73 Å². The van der Waals surface area contributed by atoms with Crippen molar-refractivity contribution in [3.05, 3.63) is 0 Å². The Bertz CT molecular complexity index is 245. The Balaban J connectivity index is 3.58. The smallest absolute Gasteiger partial charge is 0.321 e. The van der Waals surface area contributed by atoms with Crippen molar-refractivity contribution in [3.8, 4) is 0 Å². The normalized spacial score (nSPS) is 12.2. The first kappa shape index (κ1) is 16.2. The molecule has 0 heterocycles. The molecule has 0 bridgehead atoms. The molecule has 5 nitrogen and oxygen atoms in total. The van der Waals surface area contributed by atoms with Crippen molar-refractivity contribution in [2.24, 2.45) is 5.73 Å². The van der Waals surface area contributed by atoms with Gasteiger partial charge in [0.05, 0.1) is 0 Å². The van der Waals surface area contributed by atoms with E-state index in [0.717, 1.165) is 25.3 Å². The summed E-state index contributed by atoms with van der Waals surface area (Å²) in [5, 5.41) is 8.56. The second kappa shape index (κ2) is 9.30. The molecule has 3 N–H and O–H groups in total. The van der Waals surface area contributed by atoms with Crippen LogP contribution in [0.4, 0.5) is 0 Å². The lowest BCUT2D eigenvalue weighted by atomic mass is 10.3. The van der Waals surface area contributed by atoms with Gasteiger partial charge in [0.15, 0.2) is 0 Å². The van der Waals surface area contributed by atoms with Crippen molar-refractivity contribution in [2.75, 3.05) is 24.6 Å². The Morgan fingerprint density at radius 1 is 1.35 bits per heavy atom. The van der Waals surface area contributed by atoms with Gasteiger partial charge in [-0.1, -0.05) is 0 Å². The maximum Gasteiger partial charge on any atom is 0.321 e. The molecule has 6 heteroatoms. The van der Waals surface area contributed by atoms with E-state index in [4.69, 9.17) is 10.8 Å². The molecule has 0 rings (SSSR count). The quantitative estimate of drug-likeness (QED) is 0.600. The largest absolute Gasteiger partial charge is 0.480 e. The third kappa shape index (κ3) is 7.23. The third-order valence-electron chi connectivity index (χ3n) is 2.41. The highest BCUT2D eigenvalue weighted by molar-refractivity contribution is 7.99. The zero-order valence-electron chi connectivity index (χ0n) is 10.5. The first-order valence-corrected chi connectivity index (χ1v) is 7.02. The summed E-state index contributed by atoms with van der Waals surface area (Å²) < 4.78 is 0. The van der Waals surface area contributed by atoms with E-state index >= 15 is 0 Å². The van der Waals surface area contributed by atoms with E-state index in [-0.39, 0.29) is 5.91 Å². The second-order valence-corrected chi connectivity index (χ2v) is 4.84. The van der Waals surface area contributed by atoms with Crippen molar-refractivity contribution in [1.29, 1.82) is 0 Å². The van der Waals surface area contributed by atoms with Gasteiger partial charge in [0.1, 0.15) is 6.04 Å². The second-order valence-electron chi connectivity index (χ2n) is 3.69. The van der Waals surface area contributed by atoms with Crippen molar-refractivity contribution in [2.45, 2.75) is 32.7 Å². The summed E-state index contributed by atoms with van der Waals surface area (Å²) in [4.78, 5) is 23.8. The van der Waals surface area contributed by atoms with Crippen molar-refractivity contribution < 1.29 is 14.7 Å². The van der Waals surface area contributed by atoms with E-state index in [1.54, 1.807) is 4.90 Å². The van der Waals surface area contributed by atoms with Crippen LogP contribution in [0.25, 0.3) is 0 Å². The molecule has 0 aromatic heterocycles. The molecule has 0 aliphatic heterocycles. The highest BCUT2D eigenvalue weighted by Crippen LogP contribution is 2.07. The summed E-state index contributed by atoms with van der Waals surface area (Å²) in [7, 11) is 0. The lowest BCUT2D eigenvalue weighted by molar-refractivity contribution is -0.138. The number of thioether (sulfide) groups is 1. The molecule has 0 saturated heterocycles.